The average molecular weight is 292 g/mol. The van der Waals surface area contributed by atoms with Crippen molar-refractivity contribution in [2.24, 2.45) is 5.41 Å². The normalized spacial score (nSPS) is 24.1. The lowest BCUT2D eigenvalue weighted by Gasteiger charge is -2.38. The number of aliphatic hydroxyl groups excluding tert-OH is 1. The molecule has 0 spiro atoms. The Hall–Kier alpha value is -1.17. The molecule has 0 saturated carbocycles. The van der Waals surface area contributed by atoms with Crippen molar-refractivity contribution in [3.63, 3.8) is 0 Å². The summed E-state index contributed by atoms with van der Waals surface area (Å²) in [4.78, 5) is 7.98. The smallest absolute Gasteiger partial charge is 0.236 e. The van der Waals surface area contributed by atoms with Crippen LogP contribution in [0.2, 0.25) is 0 Å². The van der Waals surface area contributed by atoms with Gasteiger partial charge in [-0.05, 0) is 30.8 Å². The minimum absolute atomic E-state index is 0.0264. The maximum absolute atomic E-state index is 9.50. The highest BCUT2D eigenvalue weighted by atomic mass is 32.1. The van der Waals surface area contributed by atoms with Crippen LogP contribution in [0.5, 0.6) is 0 Å². The molecule has 1 aliphatic heterocycles. The third-order valence-electron chi connectivity index (χ3n) is 3.91. The van der Waals surface area contributed by atoms with E-state index >= 15 is 0 Å². The summed E-state index contributed by atoms with van der Waals surface area (Å²) in [5.41, 5.74) is 0.994. The predicted octanol–water partition coefficient (Wildman–Crippen LogP) is 3.00. The molecule has 2 aromatic rings. The van der Waals surface area contributed by atoms with Crippen LogP contribution in [0.25, 0.3) is 10.8 Å². The number of thiophene rings is 1. The van der Waals surface area contributed by atoms with Crippen molar-refractivity contribution >= 4 is 11.3 Å². The number of aliphatic hydroxyl groups is 1. The van der Waals surface area contributed by atoms with Gasteiger partial charge in [0.25, 0.3) is 0 Å². The van der Waals surface area contributed by atoms with Crippen LogP contribution < -0.4 is 0 Å². The Morgan fingerprint density at radius 1 is 1.55 bits per heavy atom. The molecule has 1 N–H and O–H groups in total. The van der Waals surface area contributed by atoms with Crippen LogP contribution in [0, 0.1) is 5.41 Å². The number of rotatable bonds is 4. The summed E-state index contributed by atoms with van der Waals surface area (Å²) < 4.78 is 5.55. The lowest BCUT2D eigenvalue weighted by Crippen LogP contribution is -2.43. The highest BCUT2D eigenvalue weighted by molar-refractivity contribution is 7.13. The lowest BCUT2D eigenvalue weighted by molar-refractivity contribution is 0.0423. The second-order valence-electron chi connectivity index (χ2n) is 5.90. The molecule has 1 unspecified atom stereocenters. The molecule has 1 aliphatic rings. The van der Waals surface area contributed by atoms with Crippen molar-refractivity contribution in [1.29, 1.82) is 0 Å². The second kappa shape index (κ2) is 5.68. The van der Waals surface area contributed by atoms with Crippen LogP contribution in [0.15, 0.2) is 28.2 Å². The van der Waals surface area contributed by atoms with Gasteiger partial charge in [-0.15, -0.1) is 11.3 Å². The molecular formula is C15H20N2O2S. The van der Waals surface area contributed by atoms with Gasteiger partial charge in [0.15, 0.2) is 0 Å². The van der Waals surface area contributed by atoms with Gasteiger partial charge >= 0.3 is 0 Å². The van der Waals surface area contributed by atoms with Crippen LogP contribution in [-0.4, -0.2) is 34.7 Å². The van der Waals surface area contributed by atoms with Gasteiger partial charge in [-0.1, -0.05) is 13.0 Å². The zero-order valence-electron chi connectivity index (χ0n) is 11.7. The number of hydrogen-bond donors (Lipinski definition) is 1. The van der Waals surface area contributed by atoms with Crippen LogP contribution in [0.4, 0.5) is 0 Å². The molecule has 0 radical (unpaired) electrons. The maximum atomic E-state index is 9.50. The Morgan fingerprint density at radius 3 is 3.20 bits per heavy atom. The summed E-state index contributed by atoms with van der Waals surface area (Å²) in [6, 6.07) is 4.02. The highest BCUT2D eigenvalue weighted by Gasteiger charge is 2.30. The van der Waals surface area contributed by atoms with E-state index in [1.807, 2.05) is 17.5 Å². The number of hydrogen-bond acceptors (Lipinski definition) is 5. The molecule has 3 rings (SSSR count). The van der Waals surface area contributed by atoms with Crippen molar-refractivity contribution in [2.45, 2.75) is 26.3 Å². The van der Waals surface area contributed by atoms with E-state index in [0.29, 0.717) is 5.89 Å². The Bertz CT molecular complexity index is 552. The molecular weight excluding hydrogens is 272 g/mol. The van der Waals surface area contributed by atoms with Gasteiger partial charge in [0.05, 0.1) is 10.6 Å². The summed E-state index contributed by atoms with van der Waals surface area (Å²) in [6.07, 6.45) is 3.98. The molecule has 0 aromatic carbocycles. The molecule has 3 heterocycles. The van der Waals surface area contributed by atoms with Gasteiger partial charge in [0, 0.05) is 25.1 Å². The first kappa shape index (κ1) is 13.8. The number of piperidine rings is 1. The van der Waals surface area contributed by atoms with Crippen molar-refractivity contribution in [1.82, 2.24) is 9.88 Å². The van der Waals surface area contributed by atoms with Crippen molar-refractivity contribution in [3.8, 4) is 10.8 Å². The third kappa shape index (κ3) is 2.95. The van der Waals surface area contributed by atoms with Crippen molar-refractivity contribution < 1.29 is 9.52 Å². The van der Waals surface area contributed by atoms with E-state index in [0.717, 1.165) is 43.0 Å². The monoisotopic (exact) mass is 292 g/mol. The summed E-state index contributed by atoms with van der Waals surface area (Å²) in [5.74, 6) is 0.705. The molecule has 4 nitrogen and oxygen atoms in total. The molecule has 1 saturated heterocycles. The van der Waals surface area contributed by atoms with Gasteiger partial charge < -0.3 is 9.52 Å². The predicted molar refractivity (Wildman–Crippen MR) is 79.5 cm³/mol. The van der Waals surface area contributed by atoms with Crippen molar-refractivity contribution in [2.75, 3.05) is 19.7 Å². The lowest BCUT2D eigenvalue weighted by atomic mass is 9.83. The minimum Gasteiger partial charge on any atom is -0.444 e. The zero-order valence-corrected chi connectivity index (χ0v) is 12.5. The molecule has 0 bridgehead atoms. The first-order chi connectivity index (χ1) is 9.68. The first-order valence-corrected chi connectivity index (χ1v) is 7.88. The van der Waals surface area contributed by atoms with Crippen LogP contribution >= 0.6 is 11.3 Å². The topological polar surface area (TPSA) is 49.5 Å². The van der Waals surface area contributed by atoms with E-state index in [9.17, 15) is 5.11 Å². The van der Waals surface area contributed by atoms with Crippen LogP contribution in [0.3, 0.4) is 0 Å². The number of aromatic nitrogens is 1. The van der Waals surface area contributed by atoms with Crippen LogP contribution in [0.1, 0.15) is 25.5 Å². The van der Waals surface area contributed by atoms with E-state index in [2.05, 4.69) is 16.8 Å². The molecule has 108 valence electrons. The summed E-state index contributed by atoms with van der Waals surface area (Å²) >= 11 is 1.64. The SMILES string of the molecule is CC1(CO)CCCN(Cc2coc(-c3cccs3)n2)C1. The average Bonchev–Trinajstić information content (AvgIpc) is 3.09. The number of likely N-dealkylation sites (tertiary alicyclic amines) is 1. The summed E-state index contributed by atoms with van der Waals surface area (Å²) in [7, 11) is 0. The Labute approximate surface area is 123 Å². The standard InChI is InChI=1S/C15H20N2O2S/c1-15(11-18)5-3-6-17(10-15)8-12-9-19-14(16-12)13-4-2-7-20-13/h2,4,7,9,18H,3,5-6,8,10-11H2,1H3. The number of nitrogens with zero attached hydrogens (tertiary/aromatic N) is 2. The van der Waals surface area contributed by atoms with Gasteiger partial charge in [0.1, 0.15) is 6.26 Å². The van der Waals surface area contributed by atoms with E-state index in [1.165, 1.54) is 0 Å². The molecule has 20 heavy (non-hydrogen) atoms. The van der Waals surface area contributed by atoms with Gasteiger partial charge in [-0.3, -0.25) is 4.90 Å². The van der Waals surface area contributed by atoms with Gasteiger partial charge in [0.2, 0.25) is 5.89 Å². The van der Waals surface area contributed by atoms with Gasteiger partial charge in [-0.25, -0.2) is 4.98 Å². The zero-order chi connectivity index (χ0) is 14.0. The maximum Gasteiger partial charge on any atom is 0.236 e. The van der Waals surface area contributed by atoms with Crippen LogP contribution in [-0.2, 0) is 6.54 Å². The van der Waals surface area contributed by atoms with E-state index < -0.39 is 0 Å². The van der Waals surface area contributed by atoms with E-state index in [-0.39, 0.29) is 12.0 Å². The fourth-order valence-corrected chi connectivity index (χ4v) is 3.47. The highest BCUT2D eigenvalue weighted by Crippen LogP contribution is 2.30. The van der Waals surface area contributed by atoms with Crippen molar-refractivity contribution in [3.05, 3.63) is 29.5 Å². The molecule has 5 heteroatoms. The fourth-order valence-electron chi connectivity index (χ4n) is 2.81. The summed E-state index contributed by atoms with van der Waals surface area (Å²) in [5, 5.41) is 11.5. The fraction of sp³-hybridized carbons (Fsp3) is 0.533. The largest absolute Gasteiger partial charge is 0.444 e. The Kier molecular flexibility index (Phi) is 3.92. The quantitative estimate of drug-likeness (QED) is 0.941. The third-order valence-corrected chi connectivity index (χ3v) is 4.77. The summed E-state index contributed by atoms with van der Waals surface area (Å²) in [6.45, 7) is 5.19. The van der Waals surface area contributed by atoms with Gasteiger partial charge in [-0.2, -0.15) is 0 Å². The molecule has 1 fully saturated rings. The minimum atomic E-state index is 0.0264. The first-order valence-electron chi connectivity index (χ1n) is 7.00. The molecule has 2 aromatic heterocycles. The van der Waals surface area contributed by atoms with E-state index in [1.54, 1.807) is 17.6 Å². The molecule has 1 atom stereocenters. The van der Waals surface area contributed by atoms with E-state index in [4.69, 9.17) is 4.42 Å². The second-order valence-corrected chi connectivity index (χ2v) is 6.85. The Morgan fingerprint density at radius 2 is 2.45 bits per heavy atom. The Balaban J connectivity index is 1.66. The molecule has 0 amide bonds. The number of oxazole rings is 1. The molecule has 0 aliphatic carbocycles.